The second-order valence-electron chi connectivity index (χ2n) is 13.5. The number of anilines is 3. The lowest BCUT2D eigenvalue weighted by atomic mass is 9.94. The van der Waals surface area contributed by atoms with Crippen molar-refractivity contribution in [2.75, 3.05) is 4.90 Å². The lowest BCUT2D eigenvalue weighted by Crippen LogP contribution is -2.10. The number of benzene rings is 9. The summed E-state index contributed by atoms with van der Waals surface area (Å²) >= 11 is 0. The molecular formula is C49H30N2O2. The van der Waals surface area contributed by atoms with Gasteiger partial charge in [-0.15, -0.1) is 0 Å². The van der Waals surface area contributed by atoms with Crippen molar-refractivity contribution < 1.29 is 8.83 Å². The SMILES string of the molecule is c1ccc(-c2ccc(N(c3ccc4c5ccccc5c5ccccc5c4c3)c3cccc4oc5cc(-c6nc7ccccc7o6)ccc5c34)cc2)cc1. The predicted octanol–water partition coefficient (Wildman–Crippen LogP) is 14.0. The minimum Gasteiger partial charge on any atom is -0.456 e. The van der Waals surface area contributed by atoms with Gasteiger partial charge in [0.05, 0.1) is 11.1 Å². The van der Waals surface area contributed by atoms with Crippen LogP contribution in [0.5, 0.6) is 0 Å². The summed E-state index contributed by atoms with van der Waals surface area (Å²) in [6.45, 7) is 0. The molecule has 53 heavy (non-hydrogen) atoms. The number of hydrogen-bond acceptors (Lipinski definition) is 4. The monoisotopic (exact) mass is 678 g/mol. The molecule has 4 nitrogen and oxygen atoms in total. The molecule has 9 aromatic carbocycles. The topological polar surface area (TPSA) is 42.4 Å². The van der Waals surface area contributed by atoms with Crippen LogP contribution in [0, 0.1) is 0 Å². The van der Waals surface area contributed by atoms with E-state index in [1.54, 1.807) is 0 Å². The Morgan fingerprint density at radius 1 is 0.358 bits per heavy atom. The zero-order chi connectivity index (χ0) is 34.9. The van der Waals surface area contributed by atoms with Crippen molar-refractivity contribution in [3.63, 3.8) is 0 Å². The van der Waals surface area contributed by atoms with Crippen LogP contribution in [0.4, 0.5) is 17.1 Å². The smallest absolute Gasteiger partial charge is 0.227 e. The van der Waals surface area contributed by atoms with Gasteiger partial charge < -0.3 is 13.7 Å². The first-order valence-electron chi connectivity index (χ1n) is 17.9. The second kappa shape index (κ2) is 11.7. The van der Waals surface area contributed by atoms with Gasteiger partial charge in [0.1, 0.15) is 16.7 Å². The van der Waals surface area contributed by atoms with Crippen LogP contribution in [0.25, 0.3) is 87.9 Å². The third-order valence-corrected chi connectivity index (χ3v) is 10.5. The zero-order valence-corrected chi connectivity index (χ0v) is 28.5. The fourth-order valence-electron chi connectivity index (χ4n) is 8.02. The summed E-state index contributed by atoms with van der Waals surface area (Å²) < 4.78 is 12.7. The summed E-state index contributed by atoms with van der Waals surface area (Å²) in [7, 11) is 0. The number of para-hydroxylation sites is 2. The molecular weight excluding hydrogens is 649 g/mol. The first-order chi connectivity index (χ1) is 26.3. The van der Waals surface area contributed by atoms with Crippen molar-refractivity contribution in [2.24, 2.45) is 0 Å². The highest BCUT2D eigenvalue weighted by Gasteiger charge is 2.21. The first kappa shape index (κ1) is 29.5. The molecule has 11 rings (SSSR count). The van der Waals surface area contributed by atoms with Crippen molar-refractivity contribution in [1.82, 2.24) is 4.98 Å². The number of aromatic nitrogens is 1. The van der Waals surface area contributed by atoms with Crippen LogP contribution in [0.3, 0.4) is 0 Å². The van der Waals surface area contributed by atoms with Crippen LogP contribution in [0.15, 0.2) is 191 Å². The largest absolute Gasteiger partial charge is 0.456 e. The van der Waals surface area contributed by atoms with Gasteiger partial charge in [-0.2, -0.15) is 0 Å². The molecule has 0 unspecified atom stereocenters. The summed E-state index contributed by atoms with van der Waals surface area (Å²) in [6.07, 6.45) is 0. The summed E-state index contributed by atoms with van der Waals surface area (Å²) in [5.41, 5.74) is 9.58. The van der Waals surface area contributed by atoms with E-state index in [1.165, 1.54) is 43.4 Å². The molecule has 0 fully saturated rings. The number of fused-ring (bicyclic) bond motifs is 10. The highest BCUT2D eigenvalue weighted by molar-refractivity contribution is 6.26. The number of nitrogens with zero attached hydrogens (tertiary/aromatic N) is 2. The van der Waals surface area contributed by atoms with Crippen molar-refractivity contribution in [3.8, 4) is 22.6 Å². The standard InChI is InChI=1S/C49H30N2O2/c1-2-11-31(12-3-1)32-21-24-34(25-22-32)51(35-26-28-40-38-15-5-4-13-36(38)37-14-6-7-16-39(37)42(40)30-35)44-18-10-20-46-48(44)41-27-23-33(29-47(41)52-46)49-50-43-17-8-9-19-45(43)53-49/h1-30H. The molecule has 11 aromatic rings. The normalized spacial score (nSPS) is 11.8. The van der Waals surface area contributed by atoms with Crippen LogP contribution in [0.1, 0.15) is 0 Å². The maximum absolute atomic E-state index is 6.61. The molecule has 0 aliphatic heterocycles. The van der Waals surface area contributed by atoms with Gasteiger partial charge in [-0.25, -0.2) is 4.98 Å². The number of hydrogen-bond donors (Lipinski definition) is 0. The lowest BCUT2D eigenvalue weighted by molar-refractivity contribution is 0.619. The highest BCUT2D eigenvalue weighted by Crippen LogP contribution is 2.46. The van der Waals surface area contributed by atoms with Gasteiger partial charge in [0.15, 0.2) is 5.58 Å². The predicted molar refractivity (Wildman–Crippen MR) is 219 cm³/mol. The molecule has 0 spiro atoms. The molecule has 0 saturated heterocycles. The van der Waals surface area contributed by atoms with E-state index in [9.17, 15) is 0 Å². The van der Waals surface area contributed by atoms with Gasteiger partial charge in [-0.05, 0) is 110 Å². The van der Waals surface area contributed by atoms with Crippen molar-refractivity contribution in [1.29, 1.82) is 0 Å². The fraction of sp³-hybridized carbons (Fsp3) is 0. The van der Waals surface area contributed by atoms with E-state index >= 15 is 0 Å². The molecule has 2 heterocycles. The van der Waals surface area contributed by atoms with E-state index in [2.05, 4.69) is 157 Å². The Hall–Kier alpha value is -7.17. The molecule has 0 saturated carbocycles. The molecule has 2 aromatic heterocycles. The van der Waals surface area contributed by atoms with Crippen LogP contribution >= 0.6 is 0 Å². The van der Waals surface area contributed by atoms with Crippen LogP contribution in [-0.2, 0) is 0 Å². The molecule has 0 bridgehead atoms. The average molecular weight is 679 g/mol. The van der Waals surface area contributed by atoms with Gasteiger partial charge in [0.2, 0.25) is 5.89 Å². The van der Waals surface area contributed by atoms with Crippen molar-refractivity contribution in [2.45, 2.75) is 0 Å². The Labute approximate surface area is 304 Å². The van der Waals surface area contributed by atoms with E-state index in [1.807, 2.05) is 30.3 Å². The Bertz CT molecular complexity index is 3110. The average Bonchev–Trinajstić information content (AvgIpc) is 3.84. The Kier molecular flexibility index (Phi) is 6.52. The van der Waals surface area contributed by atoms with Gasteiger partial charge in [-0.3, -0.25) is 0 Å². The summed E-state index contributed by atoms with van der Waals surface area (Å²) in [6, 6.07) is 64.1. The Balaban J connectivity index is 1.14. The minimum absolute atomic E-state index is 0.574. The first-order valence-corrected chi connectivity index (χ1v) is 17.9. The number of rotatable bonds is 5. The van der Waals surface area contributed by atoms with E-state index < -0.39 is 0 Å². The number of oxazole rings is 1. The van der Waals surface area contributed by atoms with Crippen LogP contribution < -0.4 is 4.90 Å². The molecule has 0 N–H and O–H groups in total. The third kappa shape index (κ3) is 4.73. The summed E-state index contributed by atoms with van der Waals surface area (Å²) in [5.74, 6) is 0.574. The quantitative estimate of drug-likeness (QED) is 0.170. The van der Waals surface area contributed by atoms with E-state index in [-0.39, 0.29) is 0 Å². The molecule has 0 amide bonds. The minimum atomic E-state index is 0.574. The Morgan fingerprint density at radius 2 is 0.943 bits per heavy atom. The van der Waals surface area contributed by atoms with Crippen molar-refractivity contribution in [3.05, 3.63) is 182 Å². The van der Waals surface area contributed by atoms with Crippen LogP contribution in [-0.4, -0.2) is 4.98 Å². The summed E-state index contributed by atoms with van der Waals surface area (Å²) in [4.78, 5) is 7.11. The molecule has 0 radical (unpaired) electrons. The number of furan rings is 1. The molecule has 248 valence electrons. The lowest BCUT2D eigenvalue weighted by Gasteiger charge is -2.27. The maximum Gasteiger partial charge on any atom is 0.227 e. The van der Waals surface area contributed by atoms with Crippen molar-refractivity contribution >= 4 is 82.4 Å². The summed E-state index contributed by atoms with van der Waals surface area (Å²) in [5, 5.41) is 9.54. The zero-order valence-electron chi connectivity index (χ0n) is 28.5. The molecule has 0 aliphatic carbocycles. The molecule has 0 atom stereocenters. The highest BCUT2D eigenvalue weighted by atomic mass is 16.3. The molecule has 0 aliphatic rings. The third-order valence-electron chi connectivity index (χ3n) is 10.5. The van der Waals surface area contributed by atoms with E-state index in [0.29, 0.717) is 5.89 Å². The van der Waals surface area contributed by atoms with E-state index in [4.69, 9.17) is 13.8 Å². The van der Waals surface area contributed by atoms with Gasteiger partial charge in [-0.1, -0.05) is 115 Å². The fourth-order valence-corrected chi connectivity index (χ4v) is 8.02. The van der Waals surface area contributed by atoms with E-state index in [0.717, 1.165) is 55.7 Å². The van der Waals surface area contributed by atoms with Gasteiger partial charge in [0, 0.05) is 22.3 Å². The maximum atomic E-state index is 6.61. The Morgan fingerprint density at radius 3 is 1.70 bits per heavy atom. The van der Waals surface area contributed by atoms with Gasteiger partial charge in [0.25, 0.3) is 0 Å². The molecule has 4 heteroatoms. The second-order valence-corrected chi connectivity index (χ2v) is 13.5. The van der Waals surface area contributed by atoms with Crippen LogP contribution in [0.2, 0.25) is 0 Å². The van der Waals surface area contributed by atoms with Gasteiger partial charge >= 0.3 is 0 Å².